The van der Waals surface area contributed by atoms with Gasteiger partial charge in [0.2, 0.25) is 16.0 Å². The quantitative estimate of drug-likeness (QED) is 0.410. The van der Waals surface area contributed by atoms with E-state index < -0.39 is 49.4 Å². The molecule has 3 N–H and O–H groups in total. The van der Waals surface area contributed by atoms with Gasteiger partial charge in [-0.15, -0.1) is 0 Å². The Labute approximate surface area is 166 Å². The zero-order chi connectivity index (χ0) is 22.4. The molecule has 2 rings (SSSR count). The number of nitrogens with one attached hydrogen (secondary N) is 1. The van der Waals surface area contributed by atoms with Crippen LogP contribution in [0.2, 0.25) is 0 Å². The third-order valence-electron chi connectivity index (χ3n) is 4.04. The summed E-state index contributed by atoms with van der Waals surface area (Å²) in [5, 5.41) is 13.2. The van der Waals surface area contributed by atoms with E-state index in [0.717, 1.165) is 10.4 Å². The molecule has 11 nitrogen and oxygen atoms in total. The number of nitrogens with two attached hydrogens (primary N) is 1. The van der Waals surface area contributed by atoms with E-state index in [-0.39, 0.29) is 17.2 Å². The molecule has 13 heteroatoms. The van der Waals surface area contributed by atoms with Gasteiger partial charge in [-0.05, 0) is 33.8 Å². The number of hydrogen-bond acceptors (Lipinski definition) is 8. The number of carbonyl (C=O) groups excluding carboxylic acids is 1. The van der Waals surface area contributed by atoms with Crippen LogP contribution in [0.1, 0.15) is 33.3 Å². The van der Waals surface area contributed by atoms with Crippen molar-refractivity contribution in [1.29, 1.82) is 0 Å². The molecule has 29 heavy (non-hydrogen) atoms. The van der Waals surface area contributed by atoms with Crippen molar-refractivity contribution < 1.29 is 27.3 Å². The molecule has 0 spiro atoms. The maximum absolute atomic E-state index is 14.6. The van der Waals surface area contributed by atoms with E-state index in [2.05, 4.69) is 10.3 Å². The Morgan fingerprint density at radius 1 is 1.45 bits per heavy atom. The normalized spacial score (nSPS) is 21.3. The van der Waals surface area contributed by atoms with Crippen LogP contribution in [0.15, 0.2) is 17.1 Å². The number of nitro benzene ring substituents is 1. The molecular weight excluding hydrogens is 409 g/mol. The highest BCUT2D eigenvalue weighted by Crippen LogP contribution is 2.37. The first-order valence-electron chi connectivity index (χ1n) is 8.36. The van der Waals surface area contributed by atoms with Gasteiger partial charge in [0.15, 0.2) is 0 Å². The van der Waals surface area contributed by atoms with Crippen molar-refractivity contribution in [1.82, 2.24) is 9.62 Å². The molecule has 0 fully saturated rings. The topological polar surface area (TPSA) is 157 Å². The van der Waals surface area contributed by atoms with E-state index in [1.807, 2.05) is 0 Å². The molecule has 1 heterocycles. The van der Waals surface area contributed by atoms with Crippen LogP contribution in [0, 0.1) is 15.9 Å². The smallest absolute Gasteiger partial charge is 0.414 e. The first kappa shape index (κ1) is 22.3. The van der Waals surface area contributed by atoms with Gasteiger partial charge < -0.3 is 10.5 Å². The fraction of sp³-hybridized carbons (Fsp3) is 0.500. The highest BCUT2D eigenvalue weighted by atomic mass is 32.2. The lowest BCUT2D eigenvalue weighted by molar-refractivity contribution is -0.384. The van der Waals surface area contributed by atoms with Crippen molar-refractivity contribution in [3.05, 3.63) is 33.6 Å². The number of carbonyl (C=O) groups is 1. The number of aliphatic imine (C=N–C) groups is 1. The first-order valence-corrected chi connectivity index (χ1v) is 9.97. The number of ether oxygens (including phenoxy) is 1. The summed E-state index contributed by atoms with van der Waals surface area (Å²) >= 11 is 0. The number of nitro groups is 1. The summed E-state index contributed by atoms with van der Waals surface area (Å²) in [7, 11) is -2.85. The minimum absolute atomic E-state index is 0.263. The number of benzene rings is 1. The number of rotatable bonds is 2. The molecule has 1 aliphatic rings. The summed E-state index contributed by atoms with van der Waals surface area (Å²) in [6.45, 7) is 6.18. The van der Waals surface area contributed by atoms with Crippen LogP contribution in [-0.2, 0) is 20.3 Å². The van der Waals surface area contributed by atoms with E-state index in [0.29, 0.717) is 6.07 Å². The molecule has 0 unspecified atom stereocenters. The van der Waals surface area contributed by atoms with Gasteiger partial charge >= 0.3 is 6.09 Å². The summed E-state index contributed by atoms with van der Waals surface area (Å²) in [5.74, 6) is -2.08. The zero-order valence-corrected chi connectivity index (χ0v) is 17.3. The van der Waals surface area contributed by atoms with Crippen LogP contribution in [0.4, 0.5) is 20.6 Å². The second-order valence-corrected chi connectivity index (χ2v) is 9.71. The summed E-state index contributed by atoms with van der Waals surface area (Å²) < 4.78 is 45.7. The van der Waals surface area contributed by atoms with Gasteiger partial charge in [0.05, 0.1) is 16.7 Å². The molecule has 1 aromatic carbocycles. The van der Waals surface area contributed by atoms with E-state index in [9.17, 15) is 27.7 Å². The lowest BCUT2D eigenvalue weighted by Gasteiger charge is -2.36. The van der Waals surface area contributed by atoms with Crippen LogP contribution in [0.3, 0.4) is 0 Å². The number of anilines is 1. The second kappa shape index (κ2) is 7.13. The SMILES string of the molecule is CN1C(NC(=O)OC(C)(C)C)=N[C@](C)(c2cc(N)c([N+](=O)[O-])cc2F)CS1(=O)=O. The van der Waals surface area contributed by atoms with Crippen LogP contribution >= 0.6 is 0 Å². The van der Waals surface area contributed by atoms with Crippen LogP contribution in [-0.4, -0.2) is 48.1 Å². The number of guanidine groups is 1. The zero-order valence-electron chi connectivity index (χ0n) is 16.5. The average molecular weight is 431 g/mol. The highest BCUT2D eigenvalue weighted by molar-refractivity contribution is 7.89. The monoisotopic (exact) mass is 431 g/mol. The molecule has 1 amide bonds. The molecule has 0 saturated heterocycles. The molecule has 0 aliphatic carbocycles. The Hall–Kier alpha value is -2.96. The van der Waals surface area contributed by atoms with Crippen LogP contribution < -0.4 is 11.1 Å². The van der Waals surface area contributed by atoms with Crippen molar-refractivity contribution in [3.63, 3.8) is 0 Å². The Morgan fingerprint density at radius 2 is 2.03 bits per heavy atom. The standard InChI is InChI=1S/C16H22FN5O6S/c1-15(2,3)28-14(23)19-13-20-16(4,8-29(26,27)21(13)5)9-6-11(18)12(22(24)25)7-10(9)17/h6-7H,8,18H2,1-5H3,(H,19,20,23)/t16-/m0/s1. The summed E-state index contributed by atoms with van der Waals surface area (Å²) in [6, 6.07) is 1.58. The van der Waals surface area contributed by atoms with Crippen LogP contribution in [0.5, 0.6) is 0 Å². The van der Waals surface area contributed by atoms with Crippen molar-refractivity contribution in [3.8, 4) is 0 Å². The summed E-state index contributed by atoms with van der Waals surface area (Å²) in [6.07, 6.45) is -0.953. The van der Waals surface area contributed by atoms with E-state index in [1.165, 1.54) is 14.0 Å². The molecule has 160 valence electrons. The fourth-order valence-electron chi connectivity index (χ4n) is 2.71. The van der Waals surface area contributed by atoms with E-state index in [1.54, 1.807) is 20.8 Å². The van der Waals surface area contributed by atoms with Crippen molar-refractivity contribution in [2.45, 2.75) is 38.8 Å². The molecule has 1 aromatic rings. The number of alkyl carbamates (subject to hydrolysis) is 1. The van der Waals surface area contributed by atoms with Gasteiger partial charge in [-0.3, -0.25) is 15.4 Å². The number of sulfonamides is 1. The van der Waals surface area contributed by atoms with Gasteiger partial charge in [0.1, 0.15) is 22.6 Å². The lowest BCUT2D eigenvalue weighted by atomic mass is 9.93. The highest BCUT2D eigenvalue weighted by Gasteiger charge is 2.43. The van der Waals surface area contributed by atoms with Crippen molar-refractivity contribution >= 4 is 33.5 Å². The van der Waals surface area contributed by atoms with Gasteiger partial charge in [0, 0.05) is 12.6 Å². The maximum atomic E-state index is 14.6. The summed E-state index contributed by atoms with van der Waals surface area (Å²) in [5.41, 5.74) is 1.82. The molecular formula is C16H22FN5O6S. The number of amides is 1. The Bertz CT molecular complexity index is 1000. The predicted molar refractivity (Wildman–Crippen MR) is 103 cm³/mol. The summed E-state index contributed by atoms with van der Waals surface area (Å²) in [4.78, 5) is 26.3. The average Bonchev–Trinajstić information content (AvgIpc) is 2.51. The number of nitrogens with zero attached hydrogens (tertiary/aromatic N) is 3. The minimum atomic E-state index is -4.02. The third-order valence-corrected chi connectivity index (χ3v) is 5.97. The Morgan fingerprint density at radius 3 is 2.55 bits per heavy atom. The third kappa shape index (κ3) is 4.72. The number of hydrogen-bond donors (Lipinski definition) is 2. The van der Waals surface area contributed by atoms with Gasteiger partial charge in [-0.2, -0.15) is 0 Å². The lowest BCUT2D eigenvalue weighted by Crippen LogP contribution is -2.54. The minimum Gasteiger partial charge on any atom is -0.444 e. The van der Waals surface area contributed by atoms with Gasteiger partial charge in [-0.1, -0.05) is 0 Å². The molecule has 0 radical (unpaired) electrons. The fourth-order valence-corrected chi connectivity index (χ4v) is 4.18. The van der Waals surface area contributed by atoms with Gasteiger partial charge in [0.25, 0.3) is 5.69 Å². The Kier molecular flexibility index (Phi) is 5.49. The molecule has 1 aliphatic heterocycles. The Balaban J connectivity index is 2.56. The maximum Gasteiger partial charge on any atom is 0.414 e. The van der Waals surface area contributed by atoms with Crippen molar-refractivity contribution in [2.75, 3.05) is 18.5 Å². The molecule has 0 aromatic heterocycles. The van der Waals surface area contributed by atoms with E-state index >= 15 is 0 Å². The van der Waals surface area contributed by atoms with Crippen LogP contribution in [0.25, 0.3) is 0 Å². The van der Waals surface area contributed by atoms with Gasteiger partial charge in [-0.25, -0.2) is 26.9 Å². The number of nitrogen functional groups attached to an aromatic ring is 1. The first-order chi connectivity index (χ1) is 13.1. The second-order valence-electron chi connectivity index (χ2n) is 7.71. The van der Waals surface area contributed by atoms with E-state index in [4.69, 9.17) is 10.5 Å². The number of halogens is 1. The van der Waals surface area contributed by atoms with Crippen molar-refractivity contribution in [2.24, 2.45) is 4.99 Å². The largest absolute Gasteiger partial charge is 0.444 e. The molecule has 0 saturated carbocycles. The molecule has 0 bridgehead atoms. The molecule has 1 atom stereocenters. The predicted octanol–water partition coefficient (Wildman–Crippen LogP) is 1.69.